The van der Waals surface area contributed by atoms with Crippen molar-refractivity contribution in [1.29, 1.82) is 0 Å². The average molecular weight is 520 g/mol. The Hall–Kier alpha value is -4.58. The predicted molar refractivity (Wildman–Crippen MR) is 154 cm³/mol. The van der Waals surface area contributed by atoms with E-state index in [2.05, 4.69) is 24.1 Å². The zero-order valence-corrected chi connectivity index (χ0v) is 22.5. The molecular formula is C33H33N3O3. The highest BCUT2D eigenvalue weighted by atomic mass is 16.3. The van der Waals surface area contributed by atoms with Crippen LogP contribution in [-0.2, 0) is 22.6 Å². The molecule has 1 atom stereocenters. The fraction of sp³-hybridized carbons (Fsp3) is 0.212. The average Bonchev–Trinajstić information content (AvgIpc) is 3.59. The van der Waals surface area contributed by atoms with Crippen molar-refractivity contribution in [2.75, 3.05) is 5.32 Å². The first-order valence-corrected chi connectivity index (χ1v) is 13.2. The summed E-state index contributed by atoms with van der Waals surface area (Å²) in [7, 11) is 0. The SMILES string of the molecule is Cc1ccc(C(C(=O)Nc2ccc(C(C)C)cc2)N(Cc2ccco2)C(=O)Cc2cc3ccccc3[nH]2)cc1. The van der Waals surface area contributed by atoms with Gasteiger partial charge in [0.1, 0.15) is 11.8 Å². The Kier molecular flexibility index (Phi) is 7.64. The van der Waals surface area contributed by atoms with Crippen LogP contribution in [0.3, 0.4) is 0 Å². The Bertz CT molecular complexity index is 1520. The van der Waals surface area contributed by atoms with Gasteiger partial charge in [0.2, 0.25) is 5.91 Å². The van der Waals surface area contributed by atoms with Gasteiger partial charge >= 0.3 is 0 Å². The van der Waals surface area contributed by atoms with Gasteiger partial charge in [0.25, 0.3) is 5.91 Å². The largest absolute Gasteiger partial charge is 0.467 e. The zero-order chi connectivity index (χ0) is 27.4. The third kappa shape index (κ3) is 6.12. The molecule has 0 aliphatic carbocycles. The Morgan fingerprint density at radius 2 is 1.62 bits per heavy atom. The fourth-order valence-electron chi connectivity index (χ4n) is 4.77. The van der Waals surface area contributed by atoms with E-state index in [1.807, 2.05) is 91.9 Å². The van der Waals surface area contributed by atoms with Crippen molar-refractivity contribution >= 4 is 28.4 Å². The van der Waals surface area contributed by atoms with E-state index in [0.717, 1.165) is 27.7 Å². The number of anilines is 1. The summed E-state index contributed by atoms with van der Waals surface area (Å²) in [5.41, 5.74) is 5.43. The van der Waals surface area contributed by atoms with Crippen molar-refractivity contribution in [2.24, 2.45) is 0 Å². The standard InChI is InChI=1S/C33H33N3O3/c1-22(2)24-14-16-27(17-15-24)35-33(38)32(25-12-10-23(3)11-13-25)36(21-29-8-6-18-39-29)31(37)20-28-19-26-7-4-5-9-30(26)34-28/h4-19,22,32,34H,20-21H2,1-3H3,(H,35,38). The molecular weight excluding hydrogens is 486 g/mol. The molecule has 0 saturated heterocycles. The smallest absolute Gasteiger partial charge is 0.251 e. The van der Waals surface area contributed by atoms with Gasteiger partial charge in [-0.3, -0.25) is 9.59 Å². The van der Waals surface area contributed by atoms with Crippen molar-refractivity contribution in [3.8, 4) is 0 Å². The summed E-state index contributed by atoms with van der Waals surface area (Å²) in [6.45, 7) is 6.42. The molecule has 2 N–H and O–H groups in total. The molecule has 0 aliphatic heterocycles. The van der Waals surface area contributed by atoms with Gasteiger partial charge in [0.05, 0.1) is 19.2 Å². The van der Waals surface area contributed by atoms with Gasteiger partial charge < -0.3 is 19.6 Å². The zero-order valence-electron chi connectivity index (χ0n) is 22.5. The number of rotatable bonds is 9. The van der Waals surface area contributed by atoms with E-state index in [0.29, 0.717) is 17.4 Å². The fourth-order valence-corrected chi connectivity index (χ4v) is 4.77. The second-order valence-corrected chi connectivity index (χ2v) is 10.2. The van der Waals surface area contributed by atoms with Crippen LogP contribution in [0.1, 0.15) is 54.0 Å². The number of aromatic nitrogens is 1. The van der Waals surface area contributed by atoms with Crippen molar-refractivity contribution in [3.05, 3.63) is 125 Å². The minimum Gasteiger partial charge on any atom is -0.467 e. The second-order valence-electron chi connectivity index (χ2n) is 10.2. The first-order chi connectivity index (χ1) is 18.9. The minimum atomic E-state index is -0.864. The number of H-pyrrole nitrogens is 1. The molecule has 5 rings (SSSR count). The lowest BCUT2D eigenvalue weighted by molar-refractivity contribution is -0.139. The lowest BCUT2D eigenvalue weighted by atomic mass is 10.0. The quantitative estimate of drug-likeness (QED) is 0.217. The molecule has 0 saturated carbocycles. The van der Waals surface area contributed by atoms with E-state index >= 15 is 0 Å². The third-order valence-electron chi connectivity index (χ3n) is 6.95. The Labute approximate surface area is 228 Å². The number of fused-ring (bicyclic) bond motifs is 1. The highest BCUT2D eigenvalue weighted by Crippen LogP contribution is 2.28. The van der Waals surface area contributed by atoms with Gasteiger partial charge in [-0.2, -0.15) is 0 Å². The third-order valence-corrected chi connectivity index (χ3v) is 6.95. The van der Waals surface area contributed by atoms with Crippen LogP contribution in [-0.4, -0.2) is 21.7 Å². The topological polar surface area (TPSA) is 78.3 Å². The molecule has 0 aliphatic rings. The van der Waals surface area contributed by atoms with Crippen LogP contribution >= 0.6 is 0 Å². The highest BCUT2D eigenvalue weighted by Gasteiger charge is 2.32. The summed E-state index contributed by atoms with van der Waals surface area (Å²) in [6.07, 6.45) is 1.70. The van der Waals surface area contributed by atoms with Crippen LogP contribution in [0.2, 0.25) is 0 Å². The maximum atomic E-state index is 14.0. The number of nitrogens with one attached hydrogen (secondary N) is 2. The van der Waals surface area contributed by atoms with Gasteiger partial charge in [-0.25, -0.2) is 0 Å². The van der Waals surface area contributed by atoms with Crippen molar-refractivity contribution in [3.63, 3.8) is 0 Å². The predicted octanol–water partition coefficient (Wildman–Crippen LogP) is 7.14. The van der Waals surface area contributed by atoms with Crippen LogP contribution in [0, 0.1) is 6.92 Å². The van der Waals surface area contributed by atoms with E-state index in [-0.39, 0.29) is 24.8 Å². The molecule has 0 radical (unpaired) electrons. The Morgan fingerprint density at radius 1 is 0.897 bits per heavy atom. The molecule has 3 aromatic carbocycles. The molecule has 6 nitrogen and oxygen atoms in total. The van der Waals surface area contributed by atoms with Crippen LogP contribution in [0.15, 0.2) is 102 Å². The monoisotopic (exact) mass is 519 g/mol. The number of carbonyl (C=O) groups is 2. The molecule has 5 aromatic rings. The number of aromatic amines is 1. The van der Waals surface area contributed by atoms with Gasteiger partial charge in [0.15, 0.2) is 0 Å². The summed E-state index contributed by atoms with van der Waals surface area (Å²) in [6, 6.07) is 28.2. The van der Waals surface area contributed by atoms with E-state index in [9.17, 15) is 9.59 Å². The molecule has 0 fully saturated rings. The Morgan fingerprint density at radius 3 is 2.28 bits per heavy atom. The number of carbonyl (C=O) groups excluding carboxylic acids is 2. The van der Waals surface area contributed by atoms with Crippen LogP contribution in [0.25, 0.3) is 10.9 Å². The lowest BCUT2D eigenvalue weighted by Crippen LogP contribution is -2.41. The maximum absolute atomic E-state index is 14.0. The van der Waals surface area contributed by atoms with E-state index in [1.54, 1.807) is 17.2 Å². The molecule has 39 heavy (non-hydrogen) atoms. The van der Waals surface area contributed by atoms with Gasteiger partial charge in [0, 0.05) is 16.9 Å². The van der Waals surface area contributed by atoms with E-state index < -0.39 is 6.04 Å². The van der Waals surface area contributed by atoms with Gasteiger partial charge in [-0.1, -0.05) is 74.0 Å². The number of aryl methyl sites for hydroxylation is 1. The first kappa shape index (κ1) is 26.0. The Balaban J connectivity index is 1.49. The molecule has 0 spiro atoms. The molecule has 1 unspecified atom stereocenters. The van der Waals surface area contributed by atoms with E-state index in [4.69, 9.17) is 4.42 Å². The van der Waals surface area contributed by atoms with E-state index in [1.165, 1.54) is 5.56 Å². The van der Waals surface area contributed by atoms with Crippen molar-refractivity contribution in [2.45, 2.75) is 45.7 Å². The maximum Gasteiger partial charge on any atom is 0.251 e. The number of hydrogen-bond acceptors (Lipinski definition) is 3. The minimum absolute atomic E-state index is 0.119. The molecule has 2 amide bonds. The van der Waals surface area contributed by atoms with Crippen molar-refractivity contribution < 1.29 is 14.0 Å². The number of nitrogens with zero attached hydrogens (tertiary/aromatic N) is 1. The highest BCUT2D eigenvalue weighted by molar-refractivity contribution is 5.98. The number of hydrogen-bond donors (Lipinski definition) is 2. The summed E-state index contributed by atoms with van der Waals surface area (Å²) < 4.78 is 5.62. The summed E-state index contributed by atoms with van der Waals surface area (Å²) in [5, 5.41) is 4.09. The number of para-hydroxylation sites is 1. The van der Waals surface area contributed by atoms with Gasteiger partial charge in [-0.15, -0.1) is 0 Å². The second kappa shape index (κ2) is 11.4. The molecule has 6 heteroatoms. The normalized spacial score (nSPS) is 12.0. The first-order valence-electron chi connectivity index (χ1n) is 13.2. The molecule has 198 valence electrons. The summed E-state index contributed by atoms with van der Waals surface area (Å²) in [5.74, 6) is 0.522. The van der Waals surface area contributed by atoms with Crippen LogP contribution in [0.4, 0.5) is 5.69 Å². The number of furan rings is 1. The van der Waals surface area contributed by atoms with Crippen LogP contribution in [0.5, 0.6) is 0 Å². The van der Waals surface area contributed by atoms with Crippen LogP contribution < -0.4 is 5.32 Å². The molecule has 0 bridgehead atoms. The number of amides is 2. The van der Waals surface area contributed by atoms with Crippen molar-refractivity contribution in [1.82, 2.24) is 9.88 Å². The van der Waals surface area contributed by atoms with Gasteiger partial charge in [-0.05, 0) is 65.8 Å². The summed E-state index contributed by atoms with van der Waals surface area (Å²) in [4.78, 5) is 32.8. The summed E-state index contributed by atoms with van der Waals surface area (Å²) >= 11 is 0. The number of benzene rings is 3. The lowest BCUT2D eigenvalue weighted by Gasteiger charge is -2.31. The molecule has 2 heterocycles. The molecule has 2 aromatic heterocycles.